The highest BCUT2D eigenvalue weighted by Crippen LogP contribution is 2.23. The van der Waals surface area contributed by atoms with Crippen LogP contribution in [0.1, 0.15) is 0 Å². The van der Waals surface area contributed by atoms with Crippen molar-refractivity contribution in [3.63, 3.8) is 0 Å². The smallest absolute Gasteiger partial charge is 0.288 e. The largest absolute Gasteiger partial charge is 0.409 e. The second-order valence-corrected chi connectivity index (χ2v) is 5.02. The first kappa shape index (κ1) is 14.2. The van der Waals surface area contributed by atoms with Gasteiger partial charge in [0.05, 0.1) is 18.8 Å². The van der Waals surface area contributed by atoms with Crippen LogP contribution in [0, 0.1) is 4.84 Å². The number of hydrazine groups is 1. The molecular weight excluding hydrogens is 290 g/mol. The van der Waals surface area contributed by atoms with E-state index in [1.54, 1.807) is 10.7 Å². The molecule has 7 nitrogen and oxygen atoms in total. The van der Waals surface area contributed by atoms with Gasteiger partial charge in [-0.05, 0) is 24.4 Å². The average molecular weight is 307 g/mol. The van der Waals surface area contributed by atoms with Crippen molar-refractivity contribution in [2.45, 2.75) is 6.67 Å². The van der Waals surface area contributed by atoms with E-state index >= 15 is 0 Å². The Labute approximate surface area is 127 Å². The van der Waals surface area contributed by atoms with Crippen LogP contribution < -0.4 is 11.2 Å². The number of anilines is 1. The number of rotatable bonds is 4. The van der Waals surface area contributed by atoms with E-state index in [1.165, 1.54) is 0 Å². The molecule has 0 radical (unpaired) electrons. The second-order valence-electron chi connectivity index (χ2n) is 4.68. The molecule has 0 amide bonds. The van der Waals surface area contributed by atoms with Crippen LogP contribution in [-0.4, -0.2) is 41.1 Å². The third-order valence-corrected chi connectivity index (χ3v) is 3.55. The summed E-state index contributed by atoms with van der Waals surface area (Å²) in [4.78, 5) is 0.314. The first-order valence-corrected chi connectivity index (χ1v) is 7.14. The fourth-order valence-corrected chi connectivity index (χ4v) is 2.28. The Balaban J connectivity index is 1.72. The number of morpholine rings is 1. The van der Waals surface area contributed by atoms with Crippen molar-refractivity contribution < 1.29 is 9.15 Å². The summed E-state index contributed by atoms with van der Waals surface area (Å²) in [5, 5.41) is 6.45. The Morgan fingerprint density at radius 3 is 2.81 bits per heavy atom. The van der Waals surface area contributed by atoms with E-state index in [-0.39, 0.29) is 0 Å². The molecule has 0 unspecified atom stereocenters. The van der Waals surface area contributed by atoms with Gasteiger partial charge in [-0.15, -0.1) is 5.10 Å². The van der Waals surface area contributed by atoms with E-state index in [0.717, 1.165) is 31.9 Å². The van der Waals surface area contributed by atoms with Crippen LogP contribution in [0.3, 0.4) is 0 Å². The standard InChI is InChI=1S/C13H17N5O2S/c14-11-4-2-1-3-10(11)12-16-18(13(21)20-12)9-15-17-5-7-19-8-6-17/h1-4,15H,5-9,14H2. The van der Waals surface area contributed by atoms with Crippen LogP contribution in [-0.2, 0) is 11.4 Å². The van der Waals surface area contributed by atoms with Crippen LogP contribution in [0.5, 0.6) is 0 Å². The molecule has 1 aliphatic rings. The monoisotopic (exact) mass is 307 g/mol. The topological polar surface area (TPSA) is 81.5 Å². The van der Waals surface area contributed by atoms with Gasteiger partial charge in [0.1, 0.15) is 6.67 Å². The third kappa shape index (κ3) is 3.30. The average Bonchev–Trinajstić information content (AvgIpc) is 2.88. The van der Waals surface area contributed by atoms with Gasteiger partial charge in [0.25, 0.3) is 4.84 Å². The Hall–Kier alpha value is -1.74. The maximum Gasteiger partial charge on any atom is 0.288 e. The fraction of sp³-hybridized carbons (Fsp3) is 0.385. The van der Waals surface area contributed by atoms with Crippen molar-refractivity contribution >= 4 is 17.9 Å². The van der Waals surface area contributed by atoms with Crippen LogP contribution >= 0.6 is 12.2 Å². The van der Waals surface area contributed by atoms with Gasteiger partial charge in [-0.2, -0.15) is 0 Å². The lowest BCUT2D eigenvalue weighted by molar-refractivity contribution is 0.00521. The zero-order valence-corrected chi connectivity index (χ0v) is 12.3. The van der Waals surface area contributed by atoms with Crippen LogP contribution in [0.15, 0.2) is 28.7 Å². The predicted octanol–water partition coefficient (Wildman–Crippen LogP) is 1.25. The number of hydrogen-bond acceptors (Lipinski definition) is 7. The van der Waals surface area contributed by atoms with Gasteiger partial charge < -0.3 is 14.9 Å². The summed E-state index contributed by atoms with van der Waals surface area (Å²) in [5.74, 6) is 0.432. The minimum absolute atomic E-state index is 0.314. The molecule has 1 aromatic carbocycles. The molecule has 0 atom stereocenters. The number of hydrogen-bond donors (Lipinski definition) is 2. The van der Waals surface area contributed by atoms with E-state index in [0.29, 0.717) is 23.1 Å². The Morgan fingerprint density at radius 1 is 1.29 bits per heavy atom. The summed E-state index contributed by atoms with van der Waals surface area (Å²) in [6.07, 6.45) is 0. The van der Waals surface area contributed by atoms with Crippen molar-refractivity contribution in [3.05, 3.63) is 29.1 Å². The van der Waals surface area contributed by atoms with E-state index in [9.17, 15) is 0 Å². The number of ether oxygens (including phenoxy) is 1. The number of nitrogen functional groups attached to an aromatic ring is 1. The zero-order chi connectivity index (χ0) is 14.7. The molecular formula is C13H17N5O2S. The molecule has 8 heteroatoms. The highest BCUT2D eigenvalue weighted by molar-refractivity contribution is 7.71. The number of nitrogens with two attached hydrogens (primary N) is 1. The van der Waals surface area contributed by atoms with Gasteiger partial charge in [0.2, 0.25) is 5.89 Å². The highest BCUT2D eigenvalue weighted by Gasteiger charge is 2.13. The first-order chi connectivity index (χ1) is 10.2. The number of para-hydroxylation sites is 1. The van der Waals surface area contributed by atoms with Gasteiger partial charge >= 0.3 is 0 Å². The van der Waals surface area contributed by atoms with E-state index < -0.39 is 0 Å². The molecule has 1 saturated heterocycles. The van der Waals surface area contributed by atoms with Gasteiger partial charge in [0.15, 0.2) is 0 Å². The molecule has 3 N–H and O–H groups in total. The molecule has 21 heavy (non-hydrogen) atoms. The lowest BCUT2D eigenvalue weighted by Crippen LogP contribution is -2.46. The Bertz CT molecular complexity index is 663. The molecule has 0 bridgehead atoms. The minimum atomic E-state index is 0.314. The van der Waals surface area contributed by atoms with Gasteiger partial charge in [0, 0.05) is 18.8 Å². The molecule has 0 spiro atoms. The van der Waals surface area contributed by atoms with Crippen molar-refractivity contribution in [2.24, 2.45) is 0 Å². The molecule has 0 saturated carbocycles. The van der Waals surface area contributed by atoms with Crippen molar-refractivity contribution in [1.82, 2.24) is 20.2 Å². The maximum absolute atomic E-state index is 5.92. The van der Waals surface area contributed by atoms with Crippen molar-refractivity contribution in [3.8, 4) is 11.5 Å². The molecule has 0 aliphatic carbocycles. The van der Waals surface area contributed by atoms with Gasteiger partial charge in [-0.25, -0.2) is 15.1 Å². The summed E-state index contributed by atoms with van der Waals surface area (Å²) >= 11 is 5.19. The highest BCUT2D eigenvalue weighted by atomic mass is 32.1. The molecule has 2 heterocycles. The van der Waals surface area contributed by atoms with Crippen molar-refractivity contribution in [2.75, 3.05) is 32.0 Å². The maximum atomic E-state index is 5.92. The normalized spacial score (nSPS) is 16.2. The molecule has 1 aromatic heterocycles. The quantitative estimate of drug-likeness (QED) is 0.650. The Kier molecular flexibility index (Phi) is 4.30. The van der Waals surface area contributed by atoms with E-state index in [4.69, 9.17) is 27.1 Å². The first-order valence-electron chi connectivity index (χ1n) is 6.73. The number of nitrogens with zero attached hydrogens (tertiary/aromatic N) is 3. The summed E-state index contributed by atoms with van der Waals surface area (Å²) in [6.45, 7) is 3.58. The van der Waals surface area contributed by atoms with Crippen LogP contribution in [0.4, 0.5) is 5.69 Å². The predicted molar refractivity (Wildman–Crippen MR) is 80.7 cm³/mol. The SMILES string of the molecule is Nc1ccccc1-c1nn(CNN2CCOCC2)c(=S)o1. The summed E-state index contributed by atoms with van der Waals surface area (Å²) in [7, 11) is 0. The molecule has 2 aromatic rings. The molecule has 1 aliphatic heterocycles. The second kappa shape index (κ2) is 6.35. The summed E-state index contributed by atoms with van der Waals surface area (Å²) in [5.41, 5.74) is 10.5. The van der Waals surface area contributed by atoms with Gasteiger partial charge in [-0.1, -0.05) is 12.1 Å². The van der Waals surface area contributed by atoms with Gasteiger partial charge in [-0.3, -0.25) is 0 Å². The third-order valence-electron chi connectivity index (χ3n) is 3.25. The lowest BCUT2D eigenvalue weighted by Gasteiger charge is -2.26. The number of aromatic nitrogens is 2. The minimum Gasteiger partial charge on any atom is -0.409 e. The molecule has 1 fully saturated rings. The fourth-order valence-electron chi connectivity index (χ4n) is 2.10. The Morgan fingerprint density at radius 2 is 2.05 bits per heavy atom. The van der Waals surface area contributed by atoms with E-state index in [2.05, 4.69) is 15.5 Å². The summed E-state index contributed by atoms with van der Waals surface area (Å²) < 4.78 is 12.4. The van der Waals surface area contributed by atoms with Crippen molar-refractivity contribution in [1.29, 1.82) is 0 Å². The van der Waals surface area contributed by atoms with Crippen LogP contribution in [0.25, 0.3) is 11.5 Å². The number of nitrogens with one attached hydrogen (secondary N) is 1. The van der Waals surface area contributed by atoms with E-state index in [1.807, 2.05) is 18.2 Å². The lowest BCUT2D eigenvalue weighted by atomic mass is 10.2. The van der Waals surface area contributed by atoms with Crippen LogP contribution in [0.2, 0.25) is 0 Å². The number of benzene rings is 1. The summed E-state index contributed by atoms with van der Waals surface area (Å²) in [6, 6.07) is 7.41. The molecule has 3 rings (SSSR count). The molecule has 112 valence electrons. The zero-order valence-electron chi connectivity index (χ0n) is 11.5.